The average molecular weight is 210 g/mol. The molecule has 1 heterocycles. The van der Waals surface area contributed by atoms with E-state index in [4.69, 9.17) is 4.74 Å². The zero-order chi connectivity index (χ0) is 9.97. The Hall–Kier alpha value is -0.700. The molecular weight excluding hydrogens is 196 g/mol. The van der Waals surface area contributed by atoms with Crippen LogP contribution in [0.25, 0.3) is 0 Å². The van der Waals surface area contributed by atoms with Crippen molar-refractivity contribution in [1.82, 2.24) is 0 Å². The van der Waals surface area contributed by atoms with E-state index < -0.39 is 0 Å². The van der Waals surface area contributed by atoms with Crippen LogP contribution in [0.2, 0.25) is 0 Å². The Balaban J connectivity index is 1.81. The van der Waals surface area contributed by atoms with Gasteiger partial charge in [0, 0.05) is 11.2 Å². The van der Waals surface area contributed by atoms with Gasteiger partial charge in [0.1, 0.15) is 5.25 Å². The van der Waals surface area contributed by atoms with Crippen molar-refractivity contribution in [3.8, 4) is 0 Å². The Morgan fingerprint density at radius 3 is 3.07 bits per heavy atom. The molecule has 1 fully saturated rings. The zero-order valence-corrected chi connectivity index (χ0v) is 8.83. The Kier molecular flexibility index (Phi) is 2.96. The Bertz CT molecular complexity index is 272. The van der Waals surface area contributed by atoms with Crippen molar-refractivity contribution in [2.24, 2.45) is 5.92 Å². The minimum Gasteiger partial charge on any atom is -0.465 e. The molecule has 0 saturated carbocycles. The number of fused-ring (bicyclic) bond motifs is 2. The van der Waals surface area contributed by atoms with Crippen molar-refractivity contribution in [3.05, 3.63) is 24.8 Å². The first-order valence-electron chi connectivity index (χ1n) is 4.92. The zero-order valence-electron chi connectivity index (χ0n) is 8.02. The molecule has 3 atom stereocenters. The normalized spacial score (nSPS) is 33.3. The molecule has 1 saturated heterocycles. The van der Waals surface area contributed by atoms with Crippen molar-refractivity contribution < 1.29 is 9.53 Å². The number of ether oxygens (including phenoxy) is 1. The standard InChI is InChI=1S/C11H14O2S/c1-2-3-6-13-11(12)10-8-4-5-9(7-8)14-10/h2,4-5,8-10H,1,3,6-7H2. The molecule has 76 valence electrons. The molecule has 0 amide bonds. The molecule has 3 unspecified atom stereocenters. The predicted octanol–water partition coefficient (Wildman–Crippen LogP) is 2.17. The van der Waals surface area contributed by atoms with Gasteiger partial charge in [0.2, 0.25) is 0 Å². The fraction of sp³-hybridized carbons (Fsp3) is 0.545. The summed E-state index contributed by atoms with van der Waals surface area (Å²) in [5.74, 6) is 0.370. The fourth-order valence-corrected chi connectivity index (χ4v) is 3.34. The molecule has 2 aliphatic rings. The second kappa shape index (κ2) is 4.22. The highest BCUT2D eigenvalue weighted by Gasteiger charge is 2.41. The lowest BCUT2D eigenvalue weighted by Gasteiger charge is -2.15. The molecule has 0 N–H and O–H groups in total. The Morgan fingerprint density at radius 1 is 1.64 bits per heavy atom. The van der Waals surface area contributed by atoms with E-state index in [1.54, 1.807) is 17.8 Å². The van der Waals surface area contributed by atoms with Gasteiger partial charge in [0.05, 0.1) is 6.61 Å². The Labute approximate surface area is 88.4 Å². The summed E-state index contributed by atoms with van der Waals surface area (Å²) in [6.45, 7) is 4.06. The summed E-state index contributed by atoms with van der Waals surface area (Å²) in [5.41, 5.74) is 0. The smallest absolute Gasteiger partial charge is 0.319 e. The largest absolute Gasteiger partial charge is 0.465 e. The first kappa shape index (κ1) is 9.84. The molecule has 2 bridgehead atoms. The number of hydrogen-bond acceptors (Lipinski definition) is 3. The van der Waals surface area contributed by atoms with E-state index in [1.807, 2.05) is 0 Å². The van der Waals surface area contributed by atoms with Crippen molar-refractivity contribution in [1.29, 1.82) is 0 Å². The van der Waals surface area contributed by atoms with E-state index in [0.29, 0.717) is 17.8 Å². The minimum absolute atomic E-state index is 0.0475. The average Bonchev–Trinajstić information content (AvgIpc) is 2.79. The van der Waals surface area contributed by atoms with Gasteiger partial charge in [-0.25, -0.2) is 0 Å². The number of carbonyl (C=O) groups excluding carboxylic acids is 1. The van der Waals surface area contributed by atoms with Crippen LogP contribution in [0.15, 0.2) is 24.8 Å². The van der Waals surface area contributed by atoms with E-state index in [2.05, 4.69) is 18.7 Å². The molecule has 1 aliphatic carbocycles. The van der Waals surface area contributed by atoms with Gasteiger partial charge in [0.25, 0.3) is 0 Å². The van der Waals surface area contributed by atoms with Crippen LogP contribution in [0.3, 0.4) is 0 Å². The summed E-state index contributed by atoms with van der Waals surface area (Å²) in [6, 6.07) is 0. The summed E-state index contributed by atoms with van der Waals surface area (Å²) >= 11 is 1.74. The third-order valence-corrected chi connectivity index (χ3v) is 4.12. The molecule has 1 aliphatic heterocycles. The number of carbonyl (C=O) groups is 1. The van der Waals surface area contributed by atoms with Gasteiger partial charge in [-0.3, -0.25) is 4.79 Å². The van der Waals surface area contributed by atoms with Gasteiger partial charge in [-0.1, -0.05) is 18.2 Å². The summed E-state index contributed by atoms with van der Waals surface area (Å²) < 4.78 is 5.15. The highest BCUT2D eigenvalue weighted by Crippen LogP contribution is 2.45. The second-order valence-electron chi connectivity index (χ2n) is 3.62. The van der Waals surface area contributed by atoms with Gasteiger partial charge in [0.15, 0.2) is 0 Å². The van der Waals surface area contributed by atoms with Crippen LogP contribution in [-0.2, 0) is 9.53 Å². The summed E-state index contributed by atoms with van der Waals surface area (Å²) in [4.78, 5) is 11.6. The molecule has 0 aromatic rings. The van der Waals surface area contributed by atoms with E-state index >= 15 is 0 Å². The van der Waals surface area contributed by atoms with Crippen molar-refractivity contribution in [2.45, 2.75) is 23.3 Å². The first-order chi connectivity index (χ1) is 6.81. The van der Waals surface area contributed by atoms with Crippen molar-refractivity contribution in [2.75, 3.05) is 6.61 Å². The van der Waals surface area contributed by atoms with E-state index in [0.717, 1.165) is 12.8 Å². The molecule has 14 heavy (non-hydrogen) atoms. The van der Waals surface area contributed by atoms with Crippen LogP contribution < -0.4 is 0 Å². The second-order valence-corrected chi connectivity index (χ2v) is 5.01. The lowest BCUT2D eigenvalue weighted by atomic mass is 10.1. The van der Waals surface area contributed by atoms with Crippen LogP contribution in [-0.4, -0.2) is 23.1 Å². The highest BCUT2D eigenvalue weighted by molar-refractivity contribution is 8.01. The summed E-state index contributed by atoms with van der Waals surface area (Å²) in [5, 5.41) is 0.603. The topological polar surface area (TPSA) is 26.3 Å². The molecule has 0 aromatic carbocycles. The third kappa shape index (κ3) is 1.87. The maximum atomic E-state index is 11.6. The SMILES string of the molecule is C=CCCOC(=O)C1SC2C=CC1C2. The fourth-order valence-electron chi connectivity index (χ4n) is 1.86. The number of allylic oxidation sites excluding steroid dienone is 1. The van der Waals surface area contributed by atoms with Crippen LogP contribution >= 0.6 is 11.8 Å². The lowest BCUT2D eigenvalue weighted by molar-refractivity contribution is -0.143. The first-order valence-corrected chi connectivity index (χ1v) is 5.87. The number of hydrogen-bond donors (Lipinski definition) is 0. The summed E-state index contributed by atoms with van der Waals surface area (Å²) in [7, 11) is 0. The van der Waals surface area contributed by atoms with Gasteiger partial charge < -0.3 is 4.74 Å². The quantitative estimate of drug-likeness (QED) is 0.404. The molecular formula is C11H14O2S. The van der Waals surface area contributed by atoms with E-state index in [-0.39, 0.29) is 11.2 Å². The van der Waals surface area contributed by atoms with Crippen LogP contribution in [0.4, 0.5) is 0 Å². The molecule has 3 heteroatoms. The van der Waals surface area contributed by atoms with Crippen molar-refractivity contribution in [3.63, 3.8) is 0 Å². The number of thioether (sulfide) groups is 1. The maximum Gasteiger partial charge on any atom is 0.319 e. The van der Waals surface area contributed by atoms with Crippen LogP contribution in [0.5, 0.6) is 0 Å². The molecule has 0 aromatic heterocycles. The number of esters is 1. The van der Waals surface area contributed by atoms with Gasteiger partial charge >= 0.3 is 5.97 Å². The van der Waals surface area contributed by atoms with Crippen LogP contribution in [0, 0.1) is 5.92 Å². The third-order valence-electron chi connectivity index (χ3n) is 2.59. The molecule has 0 spiro atoms. The van der Waals surface area contributed by atoms with Gasteiger partial charge in [-0.2, -0.15) is 0 Å². The van der Waals surface area contributed by atoms with Crippen molar-refractivity contribution >= 4 is 17.7 Å². The molecule has 2 rings (SSSR count). The van der Waals surface area contributed by atoms with E-state index in [1.165, 1.54) is 0 Å². The number of rotatable bonds is 4. The van der Waals surface area contributed by atoms with Gasteiger partial charge in [-0.05, 0) is 12.8 Å². The molecule has 0 radical (unpaired) electrons. The minimum atomic E-state index is -0.0475. The monoisotopic (exact) mass is 210 g/mol. The maximum absolute atomic E-state index is 11.6. The molecule has 2 nitrogen and oxygen atoms in total. The predicted molar refractivity (Wildman–Crippen MR) is 58.2 cm³/mol. The van der Waals surface area contributed by atoms with Gasteiger partial charge in [-0.15, -0.1) is 18.3 Å². The Morgan fingerprint density at radius 2 is 2.50 bits per heavy atom. The van der Waals surface area contributed by atoms with E-state index in [9.17, 15) is 4.79 Å². The van der Waals surface area contributed by atoms with Crippen LogP contribution in [0.1, 0.15) is 12.8 Å². The highest BCUT2D eigenvalue weighted by atomic mass is 32.2. The summed E-state index contributed by atoms with van der Waals surface area (Å²) in [6.07, 6.45) is 7.98. The lowest BCUT2D eigenvalue weighted by Crippen LogP contribution is -2.24.